The molecule has 0 amide bonds. The molecule has 0 aliphatic carbocycles. The molecule has 1 heterocycles. The number of halogens is 1. The highest BCUT2D eigenvalue weighted by atomic mass is 35.5. The van der Waals surface area contributed by atoms with Crippen LogP contribution in [0.2, 0.25) is 5.02 Å². The SMILES string of the molecule is COc1cc(OC)c(C2CCCNC2)cc1Cl. The summed E-state index contributed by atoms with van der Waals surface area (Å²) in [6.45, 7) is 2.09. The highest BCUT2D eigenvalue weighted by molar-refractivity contribution is 6.32. The van der Waals surface area contributed by atoms with Crippen LogP contribution >= 0.6 is 11.6 Å². The molecule has 17 heavy (non-hydrogen) atoms. The number of methoxy groups -OCH3 is 2. The molecule has 2 rings (SSSR count). The van der Waals surface area contributed by atoms with Crippen molar-refractivity contribution in [3.05, 3.63) is 22.7 Å². The van der Waals surface area contributed by atoms with Crippen LogP contribution in [0.1, 0.15) is 24.3 Å². The summed E-state index contributed by atoms with van der Waals surface area (Å²) < 4.78 is 10.6. The molecule has 0 bridgehead atoms. The molecule has 1 fully saturated rings. The molecule has 1 aromatic rings. The van der Waals surface area contributed by atoms with Crippen molar-refractivity contribution in [3.8, 4) is 11.5 Å². The van der Waals surface area contributed by atoms with E-state index in [1.165, 1.54) is 18.4 Å². The molecule has 1 saturated heterocycles. The summed E-state index contributed by atoms with van der Waals surface area (Å²) in [6, 6.07) is 3.84. The van der Waals surface area contributed by atoms with Crippen molar-refractivity contribution in [1.82, 2.24) is 5.32 Å². The Bertz CT molecular complexity index is 389. The van der Waals surface area contributed by atoms with Gasteiger partial charge in [-0.3, -0.25) is 0 Å². The van der Waals surface area contributed by atoms with Gasteiger partial charge in [-0.15, -0.1) is 0 Å². The molecule has 94 valence electrons. The second-order valence-corrected chi connectivity index (χ2v) is 4.68. The largest absolute Gasteiger partial charge is 0.496 e. The van der Waals surface area contributed by atoms with Gasteiger partial charge in [-0.1, -0.05) is 11.6 Å². The number of piperidine rings is 1. The van der Waals surface area contributed by atoms with E-state index in [9.17, 15) is 0 Å². The lowest BCUT2D eigenvalue weighted by atomic mass is 9.91. The van der Waals surface area contributed by atoms with Gasteiger partial charge in [-0.2, -0.15) is 0 Å². The van der Waals surface area contributed by atoms with Crippen molar-refractivity contribution in [3.63, 3.8) is 0 Å². The van der Waals surface area contributed by atoms with Gasteiger partial charge >= 0.3 is 0 Å². The topological polar surface area (TPSA) is 30.5 Å². The van der Waals surface area contributed by atoms with Crippen LogP contribution in [-0.4, -0.2) is 27.3 Å². The Morgan fingerprint density at radius 1 is 1.24 bits per heavy atom. The van der Waals surface area contributed by atoms with Crippen LogP contribution in [0, 0.1) is 0 Å². The van der Waals surface area contributed by atoms with Gasteiger partial charge in [0.1, 0.15) is 11.5 Å². The molecule has 1 N–H and O–H groups in total. The van der Waals surface area contributed by atoms with Crippen LogP contribution in [0.4, 0.5) is 0 Å². The Kier molecular flexibility index (Phi) is 4.13. The number of ether oxygens (including phenoxy) is 2. The average Bonchev–Trinajstić information content (AvgIpc) is 2.39. The minimum absolute atomic E-state index is 0.474. The Morgan fingerprint density at radius 3 is 2.59 bits per heavy atom. The monoisotopic (exact) mass is 255 g/mol. The molecule has 1 aliphatic rings. The fourth-order valence-corrected chi connectivity index (χ4v) is 2.57. The molecule has 1 atom stereocenters. The molecule has 4 heteroatoms. The third kappa shape index (κ3) is 2.67. The van der Waals surface area contributed by atoms with Gasteiger partial charge in [0.2, 0.25) is 0 Å². The maximum atomic E-state index is 6.18. The van der Waals surface area contributed by atoms with Crippen LogP contribution < -0.4 is 14.8 Å². The molecule has 0 radical (unpaired) electrons. The van der Waals surface area contributed by atoms with E-state index in [-0.39, 0.29) is 0 Å². The maximum absolute atomic E-state index is 6.18. The summed E-state index contributed by atoms with van der Waals surface area (Å²) in [7, 11) is 3.30. The predicted octanol–water partition coefficient (Wildman–Crippen LogP) is 2.82. The van der Waals surface area contributed by atoms with Gasteiger partial charge in [0.05, 0.1) is 19.2 Å². The number of hydrogen-bond donors (Lipinski definition) is 1. The van der Waals surface area contributed by atoms with E-state index in [2.05, 4.69) is 5.32 Å². The normalized spacial score (nSPS) is 20.1. The van der Waals surface area contributed by atoms with E-state index in [4.69, 9.17) is 21.1 Å². The first-order chi connectivity index (χ1) is 8.26. The molecule has 0 spiro atoms. The fourth-order valence-electron chi connectivity index (χ4n) is 2.32. The van der Waals surface area contributed by atoms with E-state index >= 15 is 0 Å². The first-order valence-corrected chi connectivity index (χ1v) is 6.26. The Morgan fingerprint density at radius 2 is 2.00 bits per heavy atom. The van der Waals surface area contributed by atoms with E-state index in [0.717, 1.165) is 18.8 Å². The first-order valence-electron chi connectivity index (χ1n) is 5.88. The van der Waals surface area contributed by atoms with E-state index in [1.807, 2.05) is 12.1 Å². The summed E-state index contributed by atoms with van der Waals surface area (Å²) in [6.07, 6.45) is 2.36. The predicted molar refractivity (Wildman–Crippen MR) is 69.4 cm³/mol. The van der Waals surface area contributed by atoms with Crippen molar-refractivity contribution >= 4 is 11.6 Å². The van der Waals surface area contributed by atoms with Crippen molar-refractivity contribution in [1.29, 1.82) is 0 Å². The molecular weight excluding hydrogens is 238 g/mol. The van der Waals surface area contributed by atoms with Crippen molar-refractivity contribution < 1.29 is 9.47 Å². The fraction of sp³-hybridized carbons (Fsp3) is 0.538. The van der Waals surface area contributed by atoms with Gasteiger partial charge in [0, 0.05) is 24.1 Å². The number of nitrogens with one attached hydrogen (secondary N) is 1. The maximum Gasteiger partial charge on any atom is 0.141 e. The van der Waals surface area contributed by atoms with Gasteiger partial charge in [0.15, 0.2) is 0 Å². The quantitative estimate of drug-likeness (QED) is 0.901. The summed E-state index contributed by atoms with van der Waals surface area (Å²) in [5, 5.41) is 4.05. The second-order valence-electron chi connectivity index (χ2n) is 4.27. The highest BCUT2D eigenvalue weighted by Gasteiger charge is 2.20. The first kappa shape index (κ1) is 12.5. The second kappa shape index (κ2) is 5.61. The summed E-state index contributed by atoms with van der Waals surface area (Å²) >= 11 is 6.18. The lowest BCUT2D eigenvalue weighted by Crippen LogP contribution is -2.28. The van der Waals surface area contributed by atoms with E-state index < -0.39 is 0 Å². The molecule has 1 unspecified atom stereocenters. The Labute approximate surface area is 107 Å². The van der Waals surface area contributed by atoms with Crippen LogP contribution in [0.5, 0.6) is 11.5 Å². The smallest absolute Gasteiger partial charge is 0.141 e. The lowest BCUT2D eigenvalue weighted by molar-refractivity contribution is 0.380. The van der Waals surface area contributed by atoms with Crippen LogP contribution in [-0.2, 0) is 0 Å². The summed E-state index contributed by atoms with van der Waals surface area (Å²) in [5.41, 5.74) is 1.17. The Balaban J connectivity index is 2.34. The van der Waals surface area contributed by atoms with Gasteiger partial charge in [0.25, 0.3) is 0 Å². The lowest BCUT2D eigenvalue weighted by Gasteiger charge is -2.25. The minimum atomic E-state index is 0.474. The zero-order valence-electron chi connectivity index (χ0n) is 10.3. The number of benzene rings is 1. The molecule has 1 aliphatic heterocycles. The third-order valence-electron chi connectivity index (χ3n) is 3.24. The zero-order chi connectivity index (χ0) is 12.3. The van der Waals surface area contributed by atoms with Crippen molar-refractivity contribution in [2.45, 2.75) is 18.8 Å². The number of hydrogen-bond acceptors (Lipinski definition) is 3. The van der Waals surface area contributed by atoms with Gasteiger partial charge < -0.3 is 14.8 Å². The molecular formula is C13H18ClNO2. The van der Waals surface area contributed by atoms with Gasteiger partial charge in [-0.05, 0) is 25.5 Å². The third-order valence-corrected chi connectivity index (χ3v) is 3.54. The van der Waals surface area contributed by atoms with E-state index in [1.54, 1.807) is 14.2 Å². The Hall–Kier alpha value is -0.930. The number of rotatable bonds is 3. The summed E-state index contributed by atoms with van der Waals surface area (Å²) in [4.78, 5) is 0. The summed E-state index contributed by atoms with van der Waals surface area (Å²) in [5.74, 6) is 2.00. The van der Waals surface area contributed by atoms with Crippen molar-refractivity contribution in [2.75, 3.05) is 27.3 Å². The molecule has 1 aromatic carbocycles. The van der Waals surface area contributed by atoms with Gasteiger partial charge in [-0.25, -0.2) is 0 Å². The minimum Gasteiger partial charge on any atom is -0.496 e. The molecule has 3 nitrogen and oxygen atoms in total. The van der Waals surface area contributed by atoms with Crippen LogP contribution in [0.3, 0.4) is 0 Å². The van der Waals surface area contributed by atoms with E-state index in [0.29, 0.717) is 16.7 Å². The highest BCUT2D eigenvalue weighted by Crippen LogP contribution is 2.38. The zero-order valence-corrected chi connectivity index (χ0v) is 11.0. The van der Waals surface area contributed by atoms with Crippen LogP contribution in [0.15, 0.2) is 12.1 Å². The molecule has 0 aromatic heterocycles. The average molecular weight is 256 g/mol. The standard InChI is InChI=1S/C13H18ClNO2/c1-16-12-7-13(17-2)11(14)6-10(12)9-4-3-5-15-8-9/h6-7,9,15H,3-5,8H2,1-2H3. The van der Waals surface area contributed by atoms with Crippen LogP contribution in [0.25, 0.3) is 0 Å². The molecule has 0 saturated carbocycles. The van der Waals surface area contributed by atoms with Crippen molar-refractivity contribution in [2.24, 2.45) is 0 Å².